The largest absolute Gasteiger partial charge is 0.624 e. The molecule has 0 amide bonds. The van der Waals surface area contributed by atoms with Gasteiger partial charge in [0, 0.05) is 5.92 Å². The molecule has 2 atom stereocenters. The van der Waals surface area contributed by atoms with E-state index in [0.717, 1.165) is 12.8 Å². The molecule has 0 aromatic rings. The topological polar surface area (TPSA) is 67.8 Å². The quantitative estimate of drug-likeness (QED) is 0.179. The SMILES string of the molecule is CCCCCCCCCCCCCCCO[P+]1([O-])CC[C@@H]2COC(=O)C2=C(C)O1. The number of allylic oxidation sites excluding steroid dienone is 1. The maximum atomic E-state index is 12.9. The van der Waals surface area contributed by atoms with E-state index >= 15 is 0 Å². The number of fused-ring (bicyclic) bond motifs is 1. The third-order valence-corrected chi connectivity index (χ3v) is 7.92. The molecule has 2 aliphatic heterocycles. The minimum absolute atomic E-state index is 0.00161. The van der Waals surface area contributed by atoms with Crippen molar-refractivity contribution in [2.75, 3.05) is 19.4 Å². The van der Waals surface area contributed by atoms with Gasteiger partial charge in [0.2, 0.25) is 0 Å². The molecular weight excluding hydrogens is 387 g/mol. The number of carbonyl (C=O) groups is 1. The number of esters is 1. The van der Waals surface area contributed by atoms with Crippen LogP contribution in [0.15, 0.2) is 11.3 Å². The number of unbranched alkanes of at least 4 members (excludes halogenated alkanes) is 12. The summed E-state index contributed by atoms with van der Waals surface area (Å²) in [6.07, 6.45) is 17.8. The average molecular weight is 429 g/mol. The molecule has 29 heavy (non-hydrogen) atoms. The van der Waals surface area contributed by atoms with Gasteiger partial charge in [0.1, 0.15) is 6.16 Å². The Morgan fingerprint density at radius 1 is 0.966 bits per heavy atom. The minimum atomic E-state index is -3.14. The second-order valence-electron chi connectivity index (χ2n) is 8.56. The Morgan fingerprint density at radius 2 is 1.52 bits per heavy atom. The first-order chi connectivity index (χ1) is 14.1. The van der Waals surface area contributed by atoms with E-state index in [4.69, 9.17) is 13.8 Å². The standard InChI is InChI=1S/C23H41O5P/c1-3-4-5-6-7-8-9-10-11-12-13-14-15-17-27-29(25)18-16-21-19-26-23(24)22(21)20(2)28-29/h21H,3-19H2,1-2H3/t21-,29?/m1/s1. The van der Waals surface area contributed by atoms with E-state index in [0.29, 0.717) is 37.1 Å². The lowest BCUT2D eigenvalue weighted by atomic mass is 9.99. The Balaban J connectivity index is 1.47. The van der Waals surface area contributed by atoms with Crippen molar-refractivity contribution in [3.63, 3.8) is 0 Å². The van der Waals surface area contributed by atoms with Gasteiger partial charge < -0.3 is 14.2 Å². The molecule has 5 nitrogen and oxygen atoms in total. The first kappa shape index (κ1) is 24.6. The van der Waals surface area contributed by atoms with Crippen LogP contribution in [0, 0.1) is 5.92 Å². The van der Waals surface area contributed by atoms with Gasteiger partial charge >= 0.3 is 5.97 Å². The summed E-state index contributed by atoms with van der Waals surface area (Å²) in [5.41, 5.74) is 0.548. The molecule has 1 unspecified atom stereocenters. The van der Waals surface area contributed by atoms with Gasteiger partial charge in [0.25, 0.3) is 7.94 Å². The highest BCUT2D eigenvalue weighted by Crippen LogP contribution is 2.58. The Kier molecular flexibility index (Phi) is 11.6. The van der Waals surface area contributed by atoms with E-state index in [1.165, 1.54) is 70.6 Å². The lowest BCUT2D eigenvalue weighted by Gasteiger charge is -2.26. The van der Waals surface area contributed by atoms with Crippen LogP contribution in [-0.2, 0) is 18.6 Å². The van der Waals surface area contributed by atoms with Crippen LogP contribution in [0.25, 0.3) is 0 Å². The number of hydrogen-bond acceptors (Lipinski definition) is 5. The molecular formula is C23H41O5P. The molecule has 0 saturated carbocycles. The number of ether oxygens (including phenoxy) is 1. The van der Waals surface area contributed by atoms with Crippen LogP contribution in [0.5, 0.6) is 0 Å². The van der Waals surface area contributed by atoms with Gasteiger partial charge in [-0.2, -0.15) is 0 Å². The number of carbonyl (C=O) groups excluding carboxylic acids is 1. The van der Waals surface area contributed by atoms with Gasteiger partial charge in [0.15, 0.2) is 5.76 Å². The number of cyclic esters (lactones) is 1. The van der Waals surface area contributed by atoms with E-state index in [1.807, 2.05) is 0 Å². The van der Waals surface area contributed by atoms with Crippen LogP contribution in [0.1, 0.15) is 104 Å². The number of hydrogen-bond donors (Lipinski definition) is 0. The normalized spacial score (nSPS) is 24.2. The molecule has 1 saturated heterocycles. The van der Waals surface area contributed by atoms with Crippen molar-refractivity contribution in [2.45, 2.75) is 104 Å². The summed E-state index contributed by atoms with van der Waals surface area (Å²) in [7, 11) is -3.14. The molecule has 0 aromatic carbocycles. The summed E-state index contributed by atoms with van der Waals surface area (Å²) in [4.78, 5) is 24.7. The Morgan fingerprint density at radius 3 is 2.10 bits per heavy atom. The van der Waals surface area contributed by atoms with E-state index in [9.17, 15) is 9.69 Å². The molecule has 0 N–H and O–H groups in total. The van der Waals surface area contributed by atoms with Crippen molar-refractivity contribution >= 4 is 13.9 Å². The molecule has 1 fully saturated rings. The molecule has 2 heterocycles. The highest BCUT2D eigenvalue weighted by molar-refractivity contribution is 7.59. The molecule has 0 spiro atoms. The molecule has 0 radical (unpaired) electrons. The van der Waals surface area contributed by atoms with Crippen LogP contribution < -0.4 is 4.89 Å². The van der Waals surface area contributed by atoms with Gasteiger partial charge in [-0.1, -0.05) is 84.0 Å². The molecule has 168 valence electrons. The summed E-state index contributed by atoms with van der Waals surface area (Å²) in [6.45, 7) is 4.79. The maximum absolute atomic E-state index is 12.9. The fourth-order valence-electron chi connectivity index (χ4n) is 4.19. The van der Waals surface area contributed by atoms with Crippen molar-refractivity contribution in [1.82, 2.24) is 0 Å². The minimum Gasteiger partial charge on any atom is -0.624 e. The van der Waals surface area contributed by atoms with Crippen LogP contribution in [-0.4, -0.2) is 25.3 Å². The highest BCUT2D eigenvalue weighted by atomic mass is 31.2. The molecule has 2 aliphatic rings. The fourth-order valence-corrected chi connectivity index (χ4v) is 6.02. The van der Waals surface area contributed by atoms with E-state index in [1.54, 1.807) is 6.92 Å². The Hall–Kier alpha value is -0.640. The van der Waals surface area contributed by atoms with Crippen molar-refractivity contribution in [3.8, 4) is 0 Å². The van der Waals surface area contributed by atoms with E-state index in [2.05, 4.69) is 6.92 Å². The summed E-state index contributed by atoms with van der Waals surface area (Å²) in [5.74, 6) is 0.0828. The summed E-state index contributed by atoms with van der Waals surface area (Å²) in [6, 6.07) is 0. The zero-order chi connectivity index (χ0) is 21.0. The zero-order valence-corrected chi connectivity index (χ0v) is 19.5. The lowest BCUT2D eigenvalue weighted by molar-refractivity contribution is -0.215. The second-order valence-corrected chi connectivity index (χ2v) is 10.7. The Labute approximate surface area is 178 Å². The van der Waals surface area contributed by atoms with Crippen molar-refractivity contribution < 1.29 is 23.5 Å². The molecule has 0 aromatic heterocycles. The average Bonchev–Trinajstić information content (AvgIpc) is 3.01. The highest BCUT2D eigenvalue weighted by Gasteiger charge is 2.43. The molecule has 2 rings (SSSR count). The number of rotatable bonds is 15. The first-order valence-electron chi connectivity index (χ1n) is 11.9. The van der Waals surface area contributed by atoms with Gasteiger partial charge in [-0.05, 0) is 19.8 Å². The van der Waals surface area contributed by atoms with E-state index in [-0.39, 0.29) is 11.9 Å². The molecule has 0 bridgehead atoms. The van der Waals surface area contributed by atoms with Gasteiger partial charge in [-0.3, -0.25) is 0 Å². The first-order valence-corrected chi connectivity index (χ1v) is 13.6. The van der Waals surface area contributed by atoms with E-state index < -0.39 is 7.94 Å². The Bertz CT molecular complexity index is 521. The monoisotopic (exact) mass is 428 g/mol. The smallest absolute Gasteiger partial charge is 0.338 e. The summed E-state index contributed by atoms with van der Waals surface area (Å²) >= 11 is 0. The van der Waals surface area contributed by atoms with Crippen LogP contribution in [0.3, 0.4) is 0 Å². The van der Waals surface area contributed by atoms with Gasteiger partial charge in [0.05, 0.1) is 18.8 Å². The van der Waals surface area contributed by atoms with Crippen molar-refractivity contribution in [2.24, 2.45) is 5.92 Å². The fraction of sp³-hybridized carbons (Fsp3) is 0.870. The second kappa shape index (κ2) is 13.6. The van der Waals surface area contributed by atoms with Crippen LogP contribution in [0.4, 0.5) is 0 Å². The predicted octanol–water partition coefficient (Wildman–Crippen LogP) is 6.08. The van der Waals surface area contributed by atoms with Gasteiger partial charge in [-0.25, -0.2) is 9.32 Å². The summed E-state index contributed by atoms with van der Waals surface area (Å²) in [5, 5.41) is 0. The predicted molar refractivity (Wildman–Crippen MR) is 116 cm³/mol. The summed E-state index contributed by atoms with van der Waals surface area (Å²) < 4.78 is 16.4. The zero-order valence-electron chi connectivity index (χ0n) is 18.6. The van der Waals surface area contributed by atoms with Crippen molar-refractivity contribution in [3.05, 3.63) is 11.3 Å². The third kappa shape index (κ3) is 8.94. The molecule has 6 heteroatoms. The lowest BCUT2D eigenvalue weighted by Crippen LogP contribution is -2.19. The van der Waals surface area contributed by atoms with Gasteiger partial charge in [-0.15, -0.1) is 0 Å². The molecule has 0 aliphatic carbocycles. The van der Waals surface area contributed by atoms with Crippen LogP contribution in [0.2, 0.25) is 0 Å². The van der Waals surface area contributed by atoms with Crippen LogP contribution >= 0.6 is 7.94 Å². The maximum Gasteiger partial charge on any atom is 0.338 e. The third-order valence-electron chi connectivity index (χ3n) is 5.99. The van der Waals surface area contributed by atoms with Crippen molar-refractivity contribution in [1.29, 1.82) is 0 Å².